The topological polar surface area (TPSA) is 17.1 Å². The second kappa shape index (κ2) is 5.09. The number of benzene rings is 1. The first kappa shape index (κ1) is 9.46. The van der Waals surface area contributed by atoms with Gasteiger partial charge in [-0.05, 0) is 24.1 Å². The lowest BCUT2D eigenvalue weighted by molar-refractivity contribution is -0.104. The van der Waals surface area contributed by atoms with Crippen molar-refractivity contribution in [1.29, 1.82) is 0 Å². The summed E-state index contributed by atoms with van der Waals surface area (Å²) in [4.78, 5) is 10.1. The Bertz CT molecular complexity index is 320. The van der Waals surface area contributed by atoms with E-state index in [9.17, 15) is 4.79 Å². The van der Waals surface area contributed by atoms with Gasteiger partial charge in [-0.2, -0.15) is 0 Å². The number of allylic oxidation sites excluding steroid dienone is 3. The van der Waals surface area contributed by atoms with Crippen LogP contribution in [0.5, 0.6) is 0 Å². The number of hydrogen-bond acceptors (Lipinski definition) is 1. The molecule has 0 radical (unpaired) electrons. The fourth-order valence-corrected chi connectivity index (χ4v) is 0.955. The highest BCUT2D eigenvalue weighted by Gasteiger charge is 1.83. The minimum atomic E-state index is 0.796. The van der Waals surface area contributed by atoms with Crippen LogP contribution in [0.4, 0.5) is 0 Å². The molecule has 1 aromatic rings. The van der Waals surface area contributed by atoms with E-state index in [1.165, 1.54) is 0 Å². The van der Waals surface area contributed by atoms with Gasteiger partial charge in [0.15, 0.2) is 0 Å². The van der Waals surface area contributed by atoms with Crippen LogP contribution in [0, 0.1) is 0 Å². The third-order valence-electron chi connectivity index (χ3n) is 1.67. The van der Waals surface area contributed by atoms with Crippen molar-refractivity contribution < 1.29 is 4.79 Å². The summed E-state index contributed by atoms with van der Waals surface area (Å²) in [6.07, 6.45) is 6.24. The van der Waals surface area contributed by atoms with E-state index in [4.69, 9.17) is 0 Å². The summed E-state index contributed by atoms with van der Waals surface area (Å²) in [5.41, 5.74) is 2.10. The zero-order valence-corrected chi connectivity index (χ0v) is 7.60. The van der Waals surface area contributed by atoms with E-state index in [0.29, 0.717) is 0 Å². The van der Waals surface area contributed by atoms with E-state index in [0.717, 1.165) is 17.4 Å². The van der Waals surface area contributed by atoms with E-state index in [2.05, 4.69) is 0 Å². The lowest BCUT2D eigenvalue weighted by Gasteiger charge is -1.91. The maximum absolute atomic E-state index is 10.1. The van der Waals surface area contributed by atoms with Gasteiger partial charge in [0.05, 0.1) is 0 Å². The molecule has 0 aromatic heterocycles. The minimum Gasteiger partial charge on any atom is -0.299 e. The van der Waals surface area contributed by atoms with Gasteiger partial charge in [0.2, 0.25) is 0 Å². The number of hydrogen-bond donors (Lipinski definition) is 0. The van der Waals surface area contributed by atoms with Crippen LogP contribution in [0.1, 0.15) is 12.5 Å². The lowest BCUT2D eigenvalue weighted by Crippen LogP contribution is -1.71. The van der Waals surface area contributed by atoms with Crippen LogP contribution in [0.3, 0.4) is 0 Å². The molecule has 1 aromatic carbocycles. The highest BCUT2D eigenvalue weighted by atomic mass is 16.1. The van der Waals surface area contributed by atoms with Crippen molar-refractivity contribution in [2.75, 3.05) is 0 Å². The average Bonchev–Trinajstić information content (AvgIpc) is 2.17. The van der Waals surface area contributed by atoms with Crippen LogP contribution >= 0.6 is 0 Å². The molecule has 0 aliphatic carbocycles. The summed E-state index contributed by atoms with van der Waals surface area (Å²) in [5, 5.41) is 0. The molecule has 0 aliphatic heterocycles. The Hall–Kier alpha value is -1.63. The van der Waals surface area contributed by atoms with E-state index in [-0.39, 0.29) is 0 Å². The average molecular weight is 172 g/mol. The van der Waals surface area contributed by atoms with Gasteiger partial charge in [0.25, 0.3) is 0 Å². The molecule has 13 heavy (non-hydrogen) atoms. The van der Waals surface area contributed by atoms with Crippen molar-refractivity contribution in [2.24, 2.45) is 0 Å². The summed E-state index contributed by atoms with van der Waals surface area (Å²) >= 11 is 0. The van der Waals surface area contributed by atoms with Gasteiger partial charge in [-0.15, -0.1) is 0 Å². The fourth-order valence-electron chi connectivity index (χ4n) is 0.955. The highest BCUT2D eigenvalue weighted by molar-refractivity contribution is 5.68. The van der Waals surface area contributed by atoms with E-state index < -0.39 is 0 Å². The Labute approximate surface area is 78.4 Å². The van der Waals surface area contributed by atoms with E-state index in [1.807, 2.05) is 49.4 Å². The molecular weight excluding hydrogens is 160 g/mol. The Morgan fingerprint density at radius 3 is 2.54 bits per heavy atom. The summed E-state index contributed by atoms with van der Waals surface area (Å²) in [6.45, 7) is 1.90. The van der Waals surface area contributed by atoms with Crippen molar-refractivity contribution in [3.63, 3.8) is 0 Å². The summed E-state index contributed by atoms with van der Waals surface area (Å²) in [5.74, 6) is 0. The molecule has 0 atom stereocenters. The molecule has 1 rings (SSSR count). The van der Waals surface area contributed by atoms with E-state index >= 15 is 0 Å². The van der Waals surface area contributed by atoms with Gasteiger partial charge in [0.1, 0.15) is 6.29 Å². The van der Waals surface area contributed by atoms with Gasteiger partial charge >= 0.3 is 0 Å². The first-order chi connectivity index (χ1) is 6.33. The monoisotopic (exact) mass is 172 g/mol. The van der Waals surface area contributed by atoms with Crippen LogP contribution < -0.4 is 0 Å². The van der Waals surface area contributed by atoms with Crippen LogP contribution in [-0.2, 0) is 4.79 Å². The molecule has 0 aliphatic rings. The Morgan fingerprint density at radius 2 is 1.92 bits per heavy atom. The van der Waals surface area contributed by atoms with Crippen LogP contribution in [0.15, 0.2) is 48.1 Å². The predicted molar refractivity (Wildman–Crippen MR) is 55.3 cm³/mol. The van der Waals surface area contributed by atoms with E-state index in [1.54, 1.807) is 6.08 Å². The molecule has 66 valence electrons. The minimum absolute atomic E-state index is 0.796. The third-order valence-corrected chi connectivity index (χ3v) is 1.67. The summed E-state index contributed by atoms with van der Waals surface area (Å²) in [7, 11) is 0. The number of carbonyl (C=O) groups is 1. The van der Waals surface area contributed by atoms with Gasteiger partial charge in [-0.3, -0.25) is 4.79 Å². The Kier molecular flexibility index (Phi) is 3.71. The zero-order valence-electron chi connectivity index (χ0n) is 7.60. The molecule has 1 nitrogen and oxygen atoms in total. The van der Waals surface area contributed by atoms with Gasteiger partial charge < -0.3 is 0 Å². The first-order valence-corrected chi connectivity index (χ1v) is 4.18. The van der Waals surface area contributed by atoms with Gasteiger partial charge in [-0.1, -0.05) is 42.5 Å². The Balaban J connectivity index is 2.69. The predicted octanol–water partition coefficient (Wildman–Crippen LogP) is 2.85. The smallest absolute Gasteiger partial charge is 0.143 e. The first-order valence-electron chi connectivity index (χ1n) is 4.18. The zero-order chi connectivity index (χ0) is 9.52. The molecule has 0 fully saturated rings. The quantitative estimate of drug-likeness (QED) is 0.389. The molecule has 0 saturated carbocycles. The molecule has 0 unspecified atom stereocenters. The molecule has 0 spiro atoms. The largest absolute Gasteiger partial charge is 0.299 e. The van der Waals surface area contributed by atoms with Crippen LogP contribution in [-0.4, -0.2) is 6.29 Å². The Morgan fingerprint density at radius 1 is 1.23 bits per heavy atom. The van der Waals surface area contributed by atoms with Crippen LogP contribution in [0.25, 0.3) is 6.08 Å². The fraction of sp³-hybridized carbons (Fsp3) is 0.0833. The van der Waals surface area contributed by atoms with Crippen LogP contribution in [0.2, 0.25) is 0 Å². The van der Waals surface area contributed by atoms with Gasteiger partial charge in [0, 0.05) is 0 Å². The summed E-state index contributed by atoms with van der Waals surface area (Å²) in [6, 6.07) is 9.98. The number of rotatable bonds is 3. The van der Waals surface area contributed by atoms with Crippen molar-refractivity contribution in [1.82, 2.24) is 0 Å². The SMILES string of the molecule is CC(/C=C/c1ccccc1)=C\C=O. The lowest BCUT2D eigenvalue weighted by atomic mass is 10.2. The molecule has 0 saturated heterocycles. The molecule has 0 heterocycles. The maximum Gasteiger partial charge on any atom is 0.143 e. The van der Waals surface area contributed by atoms with Crippen molar-refractivity contribution in [2.45, 2.75) is 6.92 Å². The van der Waals surface area contributed by atoms with Crippen molar-refractivity contribution >= 4 is 12.4 Å². The van der Waals surface area contributed by atoms with Crippen molar-refractivity contribution in [3.05, 3.63) is 53.6 Å². The molecule has 0 bridgehead atoms. The molecular formula is C12H12O. The standard InChI is InChI=1S/C12H12O/c1-11(9-10-13)7-8-12-5-3-2-4-6-12/h2-10H,1H3/b8-7+,11-9+. The normalized spacial score (nSPS) is 11.9. The molecule has 0 amide bonds. The maximum atomic E-state index is 10.1. The van der Waals surface area contributed by atoms with Gasteiger partial charge in [-0.25, -0.2) is 0 Å². The second-order valence-electron chi connectivity index (χ2n) is 2.79. The number of carbonyl (C=O) groups excluding carboxylic acids is 1. The third kappa shape index (κ3) is 3.52. The number of aldehydes is 1. The highest BCUT2D eigenvalue weighted by Crippen LogP contribution is 2.03. The molecule has 0 N–H and O–H groups in total. The molecule has 1 heteroatoms. The van der Waals surface area contributed by atoms with Crippen molar-refractivity contribution in [3.8, 4) is 0 Å². The second-order valence-corrected chi connectivity index (χ2v) is 2.79. The summed E-state index contributed by atoms with van der Waals surface area (Å²) < 4.78 is 0.